The molecule has 0 aromatic heterocycles. The quantitative estimate of drug-likeness (QED) is 0.854. The number of piperidine rings is 1. The smallest absolute Gasteiger partial charge is 0.225 e. The molecule has 3 nitrogen and oxygen atoms in total. The number of ether oxygens (including phenoxy) is 1. The fourth-order valence-electron chi connectivity index (χ4n) is 2.55. The van der Waals surface area contributed by atoms with E-state index in [0.29, 0.717) is 12.1 Å². The van der Waals surface area contributed by atoms with Crippen molar-refractivity contribution in [2.75, 3.05) is 13.1 Å². The van der Waals surface area contributed by atoms with Gasteiger partial charge in [0.05, 0.1) is 12.7 Å². The van der Waals surface area contributed by atoms with Crippen LogP contribution in [0.25, 0.3) is 0 Å². The summed E-state index contributed by atoms with van der Waals surface area (Å²) < 4.78 is 31.9. The van der Waals surface area contributed by atoms with Gasteiger partial charge < -0.3 is 9.64 Å². The highest BCUT2D eigenvalue weighted by molar-refractivity contribution is 5.78. The van der Waals surface area contributed by atoms with Crippen molar-refractivity contribution >= 4 is 5.91 Å². The van der Waals surface area contributed by atoms with Crippen molar-refractivity contribution in [3.05, 3.63) is 35.4 Å². The minimum Gasteiger partial charge on any atom is -0.372 e. The number of hydrogen-bond acceptors (Lipinski definition) is 2. The molecule has 1 unspecified atom stereocenters. The maximum atomic E-state index is 13.1. The van der Waals surface area contributed by atoms with Gasteiger partial charge in [0.2, 0.25) is 5.91 Å². The van der Waals surface area contributed by atoms with Gasteiger partial charge in [0.15, 0.2) is 0 Å². The van der Waals surface area contributed by atoms with E-state index in [1.165, 1.54) is 12.1 Å². The average Bonchev–Trinajstić information content (AvgIpc) is 2.43. The lowest BCUT2D eigenvalue weighted by molar-refractivity contribution is -0.138. The van der Waals surface area contributed by atoms with Crippen LogP contribution >= 0.6 is 0 Å². The lowest BCUT2D eigenvalue weighted by Crippen LogP contribution is -2.44. The van der Waals surface area contributed by atoms with Crippen LogP contribution in [0.3, 0.4) is 0 Å². The van der Waals surface area contributed by atoms with Crippen LogP contribution in [-0.4, -0.2) is 30.0 Å². The maximum absolute atomic E-state index is 13.1. The van der Waals surface area contributed by atoms with Crippen molar-refractivity contribution in [2.45, 2.75) is 39.4 Å². The molecule has 0 radical (unpaired) electrons. The molecular formula is C16H21F2NO2. The van der Waals surface area contributed by atoms with Crippen LogP contribution in [0.4, 0.5) is 8.78 Å². The second kappa shape index (κ2) is 6.98. The Morgan fingerprint density at radius 3 is 2.62 bits per heavy atom. The number of hydrogen-bond donors (Lipinski definition) is 0. The van der Waals surface area contributed by atoms with E-state index in [9.17, 15) is 13.6 Å². The van der Waals surface area contributed by atoms with Crippen molar-refractivity contribution in [1.29, 1.82) is 0 Å². The summed E-state index contributed by atoms with van der Waals surface area (Å²) in [7, 11) is 0. The van der Waals surface area contributed by atoms with Crippen LogP contribution in [0.2, 0.25) is 0 Å². The zero-order valence-electron chi connectivity index (χ0n) is 12.4. The molecule has 0 bridgehead atoms. The van der Waals surface area contributed by atoms with Gasteiger partial charge >= 0.3 is 0 Å². The van der Waals surface area contributed by atoms with Crippen LogP contribution in [0.1, 0.15) is 32.3 Å². The average molecular weight is 297 g/mol. The molecule has 0 N–H and O–H groups in total. The number of carbonyl (C=O) groups excluding carboxylic acids is 1. The van der Waals surface area contributed by atoms with Crippen molar-refractivity contribution < 1.29 is 18.3 Å². The molecule has 1 aromatic rings. The first-order chi connectivity index (χ1) is 9.95. The van der Waals surface area contributed by atoms with E-state index in [4.69, 9.17) is 4.74 Å². The Hall–Kier alpha value is -1.49. The topological polar surface area (TPSA) is 29.5 Å². The molecule has 0 aliphatic carbocycles. The standard InChI is InChI=1S/C16H21F2NO2/c1-11(2)16(20)19-5-3-4-15(9-19)21-10-12-6-13(17)8-14(18)7-12/h6-8,11,15H,3-5,9-10H2,1-2H3. The molecule has 21 heavy (non-hydrogen) atoms. The third-order valence-corrected chi connectivity index (χ3v) is 3.59. The summed E-state index contributed by atoms with van der Waals surface area (Å²) in [5.41, 5.74) is 0.472. The molecule has 1 saturated heterocycles. The van der Waals surface area contributed by atoms with Gasteiger partial charge in [-0.05, 0) is 30.5 Å². The molecule has 116 valence electrons. The second-order valence-electron chi connectivity index (χ2n) is 5.79. The molecule has 5 heteroatoms. The van der Waals surface area contributed by atoms with Gasteiger partial charge in [0.25, 0.3) is 0 Å². The Bertz CT molecular complexity index is 485. The first kappa shape index (κ1) is 15.9. The van der Waals surface area contributed by atoms with Gasteiger partial charge in [-0.1, -0.05) is 13.8 Å². The predicted molar refractivity (Wildman–Crippen MR) is 75.6 cm³/mol. The van der Waals surface area contributed by atoms with Crippen molar-refractivity contribution in [3.63, 3.8) is 0 Å². The zero-order chi connectivity index (χ0) is 15.4. The number of halogens is 2. The van der Waals surface area contributed by atoms with Crippen LogP contribution in [0.15, 0.2) is 18.2 Å². The first-order valence-electron chi connectivity index (χ1n) is 7.31. The summed E-state index contributed by atoms with van der Waals surface area (Å²) in [6.07, 6.45) is 1.67. The summed E-state index contributed by atoms with van der Waals surface area (Å²) in [4.78, 5) is 13.8. The van der Waals surface area contributed by atoms with Gasteiger partial charge in [-0.2, -0.15) is 0 Å². The minimum absolute atomic E-state index is 0.0268. The van der Waals surface area contributed by atoms with E-state index in [0.717, 1.165) is 25.5 Å². The molecule has 0 spiro atoms. The van der Waals surface area contributed by atoms with Gasteiger partial charge in [0, 0.05) is 25.1 Å². The van der Waals surface area contributed by atoms with Crippen molar-refractivity contribution in [1.82, 2.24) is 4.90 Å². The molecule has 1 aliphatic heterocycles. The monoisotopic (exact) mass is 297 g/mol. The summed E-state index contributed by atoms with van der Waals surface area (Å²) in [6.45, 7) is 5.22. The van der Waals surface area contributed by atoms with E-state index in [2.05, 4.69) is 0 Å². The molecule has 1 amide bonds. The number of benzene rings is 1. The summed E-state index contributed by atoms with van der Waals surface area (Å²) in [5.74, 6) is -1.11. The third kappa shape index (κ3) is 4.49. The van der Waals surface area contributed by atoms with E-state index >= 15 is 0 Å². The lowest BCUT2D eigenvalue weighted by atomic mass is 10.1. The van der Waals surface area contributed by atoms with Crippen molar-refractivity contribution in [3.8, 4) is 0 Å². The van der Waals surface area contributed by atoms with E-state index in [1.54, 1.807) is 0 Å². The van der Waals surface area contributed by atoms with Crippen LogP contribution in [0, 0.1) is 17.6 Å². The predicted octanol–water partition coefficient (Wildman–Crippen LogP) is 3.13. The van der Waals surface area contributed by atoms with E-state index < -0.39 is 11.6 Å². The number of amides is 1. The number of nitrogens with zero attached hydrogens (tertiary/aromatic N) is 1. The van der Waals surface area contributed by atoms with Gasteiger partial charge in [0.1, 0.15) is 11.6 Å². The highest BCUT2D eigenvalue weighted by atomic mass is 19.1. The Labute approximate surface area is 123 Å². The third-order valence-electron chi connectivity index (χ3n) is 3.59. The molecule has 1 heterocycles. The molecule has 0 saturated carbocycles. The normalized spacial score (nSPS) is 19.1. The van der Waals surface area contributed by atoms with E-state index in [-0.39, 0.29) is 24.5 Å². The number of likely N-dealkylation sites (tertiary alicyclic amines) is 1. The number of rotatable bonds is 4. The molecule has 1 aromatic carbocycles. The van der Waals surface area contributed by atoms with Gasteiger partial charge in [-0.3, -0.25) is 4.79 Å². The highest BCUT2D eigenvalue weighted by Gasteiger charge is 2.25. The maximum Gasteiger partial charge on any atom is 0.225 e. The van der Waals surface area contributed by atoms with Crippen molar-refractivity contribution in [2.24, 2.45) is 5.92 Å². The van der Waals surface area contributed by atoms with Crippen LogP contribution in [-0.2, 0) is 16.1 Å². The Morgan fingerprint density at radius 2 is 2.00 bits per heavy atom. The lowest BCUT2D eigenvalue weighted by Gasteiger charge is -2.33. The zero-order valence-corrected chi connectivity index (χ0v) is 12.4. The van der Waals surface area contributed by atoms with E-state index in [1.807, 2.05) is 18.7 Å². The Balaban J connectivity index is 1.89. The van der Waals surface area contributed by atoms with Gasteiger partial charge in [-0.15, -0.1) is 0 Å². The second-order valence-corrected chi connectivity index (χ2v) is 5.79. The SMILES string of the molecule is CC(C)C(=O)N1CCCC(OCc2cc(F)cc(F)c2)C1. The largest absolute Gasteiger partial charge is 0.372 e. The highest BCUT2D eigenvalue weighted by Crippen LogP contribution is 2.18. The Kier molecular flexibility index (Phi) is 5.28. The Morgan fingerprint density at radius 1 is 1.33 bits per heavy atom. The molecular weight excluding hydrogens is 276 g/mol. The molecule has 1 aliphatic rings. The summed E-state index contributed by atoms with van der Waals surface area (Å²) >= 11 is 0. The molecule has 2 rings (SSSR count). The fraction of sp³-hybridized carbons (Fsp3) is 0.562. The van der Waals surface area contributed by atoms with Crippen LogP contribution < -0.4 is 0 Å². The van der Waals surface area contributed by atoms with Gasteiger partial charge in [-0.25, -0.2) is 8.78 Å². The fourth-order valence-corrected chi connectivity index (χ4v) is 2.55. The number of carbonyl (C=O) groups is 1. The molecule has 1 fully saturated rings. The minimum atomic E-state index is -0.603. The first-order valence-corrected chi connectivity index (χ1v) is 7.31. The summed E-state index contributed by atoms with van der Waals surface area (Å²) in [6, 6.07) is 3.37. The summed E-state index contributed by atoms with van der Waals surface area (Å²) in [5, 5.41) is 0. The molecule has 1 atom stereocenters. The van der Waals surface area contributed by atoms with Crippen LogP contribution in [0.5, 0.6) is 0 Å².